The summed E-state index contributed by atoms with van der Waals surface area (Å²) < 4.78 is 5.09. The molecule has 1 aromatic heterocycles. The average molecular weight is 293 g/mol. The van der Waals surface area contributed by atoms with Crippen LogP contribution < -0.4 is 16.2 Å². The van der Waals surface area contributed by atoms with Gasteiger partial charge in [-0.2, -0.15) is 0 Å². The fraction of sp³-hybridized carbons (Fsp3) is 0. The molecule has 3 rings (SSSR count). The molecule has 2 aromatic carbocycles. The van der Waals surface area contributed by atoms with Gasteiger partial charge in [-0.1, -0.05) is 30.3 Å². The summed E-state index contributed by atoms with van der Waals surface area (Å²) in [5.41, 5.74) is 8.51. The van der Waals surface area contributed by atoms with Crippen LogP contribution in [0.15, 0.2) is 77.4 Å². The average Bonchev–Trinajstić information content (AvgIpc) is 3.10. The second-order valence-corrected chi connectivity index (χ2v) is 4.59. The van der Waals surface area contributed by atoms with E-state index in [2.05, 4.69) is 16.2 Å². The van der Waals surface area contributed by atoms with Gasteiger partial charge in [0.2, 0.25) is 0 Å². The normalized spacial score (nSPS) is 10.0. The number of hydrogen-bond donors (Lipinski definition) is 3. The van der Waals surface area contributed by atoms with E-state index in [1.54, 1.807) is 12.1 Å². The van der Waals surface area contributed by atoms with Crippen LogP contribution in [-0.2, 0) is 0 Å². The van der Waals surface area contributed by atoms with Gasteiger partial charge in [0.05, 0.1) is 23.3 Å². The predicted octanol–water partition coefficient (Wildman–Crippen LogP) is 3.97. The summed E-state index contributed by atoms with van der Waals surface area (Å²) in [4.78, 5) is 12.0. The zero-order valence-electron chi connectivity index (χ0n) is 11.7. The molecule has 3 N–H and O–H groups in total. The zero-order valence-corrected chi connectivity index (χ0v) is 11.7. The highest BCUT2D eigenvalue weighted by Crippen LogP contribution is 2.22. The minimum atomic E-state index is -0.293. The summed E-state index contributed by atoms with van der Waals surface area (Å²) in [5, 5.41) is 2.81. The van der Waals surface area contributed by atoms with Gasteiger partial charge in [-0.15, -0.1) is 0 Å². The van der Waals surface area contributed by atoms with Gasteiger partial charge in [0.15, 0.2) is 5.76 Å². The van der Waals surface area contributed by atoms with Gasteiger partial charge in [0.25, 0.3) is 5.91 Å². The van der Waals surface area contributed by atoms with Crippen molar-refractivity contribution >= 4 is 23.0 Å². The molecule has 0 bridgehead atoms. The number of benzene rings is 2. The third kappa shape index (κ3) is 3.27. The Kier molecular flexibility index (Phi) is 4.06. The van der Waals surface area contributed by atoms with E-state index < -0.39 is 0 Å². The molecule has 0 fully saturated rings. The van der Waals surface area contributed by atoms with E-state index in [4.69, 9.17) is 4.42 Å². The number of para-hydroxylation sites is 3. The maximum Gasteiger partial charge on any atom is 0.291 e. The second kappa shape index (κ2) is 6.49. The summed E-state index contributed by atoms with van der Waals surface area (Å²) in [5.74, 6) is -0.0233. The van der Waals surface area contributed by atoms with E-state index in [0.29, 0.717) is 5.69 Å². The Bertz CT molecular complexity index is 740. The Hall–Kier alpha value is -3.21. The van der Waals surface area contributed by atoms with Crippen molar-refractivity contribution in [1.82, 2.24) is 0 Å². The molecule has 0 aliphatic heterocycles. The molecule has 0 aliphatic carbocycles. The highest BCUT2D eigenvalue weighted by atomic mass is 16.3. The largest absolute Gasteiger partial charge is 0.459 e. The number of hydrazine groups is 1. The van der Waals surface area contributed by atoms with Crippen LogP contribution in [0.4, 0.5) is 17.1 Å². The third-order valence-electron chi connectivity index (χ3n) is 3.04. The maximum atomic E-state index is 12.0. The quantitative estimate of drug-likeness (QED) is 0.623. The predicted molar refractivity (Wildman–Crippen MR) is 86.8 cm³/mol. The number of carbonyl (C=O) groups is 1. The number of anilines is 3. The van der Waals surface area contributed by atoms with Crippen LogP contribution >= 0.6 is 0 Å². The molecule has 1 heterocycles. The Morgan fingerprint density at radius 2 is 1.50 bits per heavy atom. The fourth-order valence-corrected chi connectivity index (χ4v) is 1.95. The summed E-state index contributed by atoms with van der Waals surface area (Å²) in [6.45, 7) is 0. The van der Waals surface area contributed by atoms with Crippen LogP contribution in [0, 0.1) is 0 Å². The van der Waals surface area contributed by atoms with Crippen LogP contribution in [0.2, 0.25) is 0 Å². The molecule has 0 atom stereocenters. The highest BCUT2D eigenvalue weighted by Gasteiger charge is 2.10. The van der Waals surface area contributed by atoms with Crippen molar-refractivity contribution in [2.45, 2.75) is 0 Å². The molecule has 0 spiro atoms. The fourth-order valence-electron chi connectivity index (χ4n) is 1.95. The van der Waals surface area contributed by atoms with Gasteiger partial charge >= 0.3 is 0 Å². The third-order valence-corrected chi connectivity index (χ3v) is 3.04. The number of nitrogens with one attached hydrogen (secondary N) is 3. The number of carbonyl (C=O) groups excluding carboxylic acids is 1. The van der Waals surface area contributed by atoms with Gasteiger partial charge in [-0.05, 0) is 36.4 Å². The number of amides is 1. The van der Waals surface area contributed by atoms with Gasteiger partial charge < -0.3 is 15.2 Å². The lowest BCUT2D eigenvalue weighted by Crippen LogP contribution is -2.15. The monoisotopic (exact) mass is 293 g/mol. The molecule has 0 unspecified atom stereocenters. The highest BCUT2D eigenvalue weighted by molar-refractivity contribution is 6.04. The van der Waals surface area contributed by atoms with Crippen molar-refractivity contribution in [3.63, 3.8) is 0 Å². The Morgan fingerprint density at radius 3 is 2.23 bits per heavy atom. The lowest BCUT2D eigenvalue weighted by molar-refractivity contribution is 0.0996. The first-order valence-electron chi connectivity index (χ1n) is 6.84. The lowest BCUT2D eigenvalue weighted by atomic mass is 10.2. The van der Waals surface area contributed by atoms with Crippen molar-refractivity contribution in [3.8, 4) is 0 Å². The molecule has 0 saturated heterocycles. The standard InChI is InChI=1S/C17H15N3O2/c21-17(16-11-6-12-22-16)18-14-9-4-5-10-15(14)20-19-13-7-2-1-3-8-13/h1-12,19-20H,(H,18,21). The van der Waals surface area contributed by atoms with Crippen LogP contribution in [0.3, 0.4) is 0 Å². The van der Waals surface area contributed by atoms with Gasteiger partial charge in [-0.3, -0.25) is 10.2 Å². The van der Waals surface area contributed by atoms with E-state index in [9.17, 15) is 4.79 Å². The minimum Gasteiger partial charge on any atom is -0.459 e. The molecular formula is C17H15N3O2. The summed E-state index contributed by atoms with van der Waals surface area (Å²) in [7, 11) is 0. The van der Waals surface area contributed by atoms with Crippen molar-refractivity contribution in [2.75, 3.05) is 16.2 Å². The Balaban J connectivity index is 1.71. The minimum absolute atomic E-state index is 0.269. The molecule has 0 aliphatic rings. The van der Waals surface area contributed by atoms with Crippen molar-refractivity contribution < 1.29 is 9.21 Å². The molecule has 110 valence electrons. The van der Waals surface area contributed by atoms with E-state index in [1.165, 1.54) is 6.26 Å². The number of furan rings is 1. The maximum absolute atomic E-state index is 12.0. The van der Waals surface area contributed by atoms with Crippen molar-refractivity contribution in [3.05, 3.63) is 78.8 Å². The molecule has 22 heavy (non-hydrogen) atoms. The second-order valence-electron chi connectivity index (χ2n) is 4.59. The zero-order chi connectivity index (χ0) is 15.2. The van der Waals surface area contributed by atoms with E-state index >= 15 is 0 Å². The molecule has 5 nitrogen and oxygen atoms in total. The van der Waals surface area contributed by atoms with Crippen LogP contribution in [0.25, 0.3) is 0 Å². The first kappa shape index (κ1) is 13.8. The summed E-state index contributed by atoms with van der Waals surface area (Å²) in [6, 6.07) is 20.4. The molecular weight excluding hydrogens is 278 g/mol. The number of rotatable bonds is 5. The molecule has 1 amide bonds. The summed E-state index contributed by atoms with van der Waals surface area (Å²) >= 11 is 0. The lowest BCUT2D eigenvalue weighted by Gasteiger charge is -2.14. The van der Waals surface area contributed by atoms with E-state index in [-0.39, 0.29) is 11.7 Å². The topological polar surface area (TPSA) is 66.3 Å². The van der Waals surface area contributed by atoms with Crippen molar-refractivity contribution in [1.29, 1.82) is 0 Å². The van der Waals surface area contributed by atoms with E-state index in [0.717, 1.165) is 11.4 Å². The van der Waals surface area contributed by atoms with Crippen LogP contribution in [0.1, 0.15) is 10.6 Å². The Morgan fingerprint density at radius 1 is 0.773 bits per heavy atom. The SMILES string of the molecule is O=C(Nc1ccccc1NNc1ccccc1)c1ccco1. The van der Waals surface area contributed by atoms with Crippen LogP contribution in [-0.4, -0.2) is 5.91 Å². The first-order chi connectivity index (χ1) is 10.8. The molecule has 3 aromatic rings. The van der Waals surface area contributed by atoms with E-state index in [1.807, 2.05) is 54.6 Å². The smallest absolute Gasteiger partial charge is 0.291 e. The van der Waals surface area contributed by atoms with Crippen molar-refractivity contribution in [2.24, 2.45) is 0 Å². The molecule has 0 radical (unpaired) electrons. The first-order valence-corrected chi connectivity index (χ1v) is 6.84. The van der Waals surface area contributed by atoms with Gasteiger partial charge in [0.1, 0.15) is 0 Å². The van der Waals surface area contributed by atoms with Gasteiger partial charge in [0, 0.05) is 0 Å². The van der Waals surface area contributed by atoms with Crippen LogP contribution in [0.5, 0.6) is 0 Å². The summed E-state index contributed by atoms with van der Waals surface area (Å²) in [6.07, 6.45) is 1.47. The molecule has 5 heteroatoms. The number of hydrogen-bond acceptors (Lipinski definition) is 4. The van der Waals surface area contributed by atoms with Gasteiger partial charge in [-0.25, -0.2) is 0 Å². The molecule has 0 saturated carbocycles. The Labute approximate surface area is 127 Å².